The minimum atomic E-state index is 0.672. The Kier molecular flexibility index (Phi) is 6.20. The van der Waals surface area contributed by atoms with Gasteiger partial charge in [0.05, 0.1) is 6.20 Å². The first-order valence-corrected chi connectivity index (χ1v) is 5.34. The van der Waals surface area contributed by atoms with Crippen LogP contribution in [-0.2, 0) is 0 Å². The van der Waals surface area contributed by atoms with E-state index in [1.807, 2.05) is 0 Å². The summed E-state index contributed by atoms with van der Waals surface area (Å²) < 4.78 is 0. The molecule has 0 atom stereocenters. The van der Waals surface area contributed by atoms with Crippen molar-refractivity contribution < 1.29 is 0 Å². The van der Waals surface area contributed by atoms with Crippen molar-refractivity contribution in [2.24, 2.45) is 0 Å². The van der Waals surface area contributed by atoms with Gasteiger partial charge in [-0.1, -0.05) is 31.1 Å². The van der Waals surface area contributed by atoms with Crippen LogP contribution in [0.15, 0.2) is 30.7 Å². The maximum atomic E-state index is 4.03. The third kappa shape index (κ3) is 5.62. The van der Waals surface area contributed by atoms with Crippen molar-refractivity contribution in [1.29, 1.82) is 0 Å². The molecule has 0 amide bonds. The molecular formula is C14H14N2. The largest absolute Gasteiger partial charge is 0.260 e. The maximum absolute atomic E-state index is 4.03. The van der Waals surface area contributed by atoms with Gasteiger partial charge in [0.25, 0.3) is 0 Å². The third-order valence-corrected chi connectivity index (χ3v) is 1.77. The highest BCUT2D eigenvalue weighted by Crippen LogP contribution is 1.90. The second kappa shape index (κ2) is 8.26. The molecule has 0 radical (unpaired) electrons. The second-order valence-electron chi connectivity index (χ2n) is 3.12. The van der Waals surface area contributed by atoms with Crippen LogP contribution < -0.4 is 0 Å². The highest BCUT2D eigenvalue weighted by Gasteiger charge is 1.81. The lowest BCUT2D eigenvalue weighted by atomic mass is 10.2. The molecule has 16 heavy (non-hydrogen) atoms. The van der Waals surface area contributed by atoms with Crippen LogP contribution in [0.2, 0.25) is 0 Å². The molecule has 2 nitrogen and oxygen atoms in total. The Balaban J connectivity index is 2.36. The van der Waals surface area contributed by atoms with Crippen LogP contribution in [-0.4, -0.2) is 9.97 Å². The van der Waals surface area contributed by atoms with Gasteiger partial charge in [-0.3, -0.25) is 4.98 Å². The molecule has 1 rings (SSSR count). The van der Waals surface area contributed by atoms with Gasteiger partial charge in [0.15, 0.2) is 0 Å². The molecule has 0 unspecified atom stereocenters. The molecule has 0 fully saturated rings. The van der Waals surface area contributed by atoms with Crippen molar-refractivity contribution in [3.8, 4) is 23.7 Å². The van der Waals surface area contributed by atoms with E-state index in [-0.39, 0.29) is 0 Å². The van der Waals surface area contributed by atoms with Crippen LogP contribution in [0.5, 0.6) is 0 Å². The van der Waals surface area contributed by atoms with Crippen molar-refractivity contribution in [2.45, 2.75) is 26.2 Å². The summed E-state index contributed by atoms with van der Waals surface area (Å²) in [6.45, 7) is 2.16. The van der Waals surface area contributed by atoms with Gasteiger partial charge < -0.3 is 0 Å². The van der Waals surface area contributed by atoms with Crippen molar-refractivity contribution >= 4 is 0 Å². The lowest BCUT2D eigenvalue weighted by molar-refractivity contribution is 0.828. The molecule has 0 aliphatic rings. The Morgan fingerprint density at radius 2 is 2.12 bits per heavy atom. The SMILES string of the molecule is CCCCC#C/C=C\C#Cc1cnccn1. The van der Waals surface area contributed by atoms with E-state index in [0.29, 0.717) is 5.69 Å². The number of aromatic nitrogens is 2. The quantitative estimate of drug-likeness (QED) is 0.554. The van der Waals surface area contributed by atoms with Gasteiger partial charge in [0.1, 0.15) is 5.69 Å². The summed E-state index contributed by atoms with van der Waals surface area (Å²) in [7, 11) is 0. The van der Waals surface area contributed by atoms with Crippen molar-refractivity contribution in [3.05, 3.63) is 36.4 Å². The molecule has 0 aliphatic heterocycles. The van der Waals surface area contributed by atoms with Gasteiger partial charge in [-0.05, 0) is 24.5 Å². The van der Waals surface area contributed by atoms with Crippen LogP contribution in [0.25, 0.3) is 0 Å². The van der Waals surface area contributed by atoms with Crippen LogP contribution in [0, 0.1) is 23.7 Å². The van der Waals surface area contributed by atoms with Crippen LogP contribution >= 0.6 is 0 Å². The van der Waals surface area contributed by atoms with E-state index < -0.39 is 0 Å². The molecule has 0 saturated carbocycles. The van der Waals surface area contributed by atoms with Gasteiger partial charge in [-0.2, -0.15) is 0 Å². The van der Waals surface area contributed by atoms with Gasteiger partial charge in [0, 0.05) is 18.8 Å². The summed E-state index contributed by atoms with van der Waals surface area (Å²) in [6.07, 6.45) is 11.7. The molecule has 1 aromatic heterocycles. The van der Waals surface area contributed by atoms with Crippen molar-refractivity contribution in [3.63, 3.8) is 0 Å². The first-order valence-electron chi connectivity index (χ1n) is 5.34. The summed E-state index contributed by atoms with van der Waals surface area (Å²) in [5.74, 6) is 11.7. The summed E-state index contributed by atoms with van der Waals surface area (Å²) in [5, 5.41) is 0. The van der Waals surface area contributed by atoms with E-state index in [9.17, 15) is 0 Å². The average Bonchev–Trinajstić information content (AvgIpc) is 2.34. The summed E-state index contributed by atoms with van der Waals surface area (Å²) in [6, 6.07) is 0. The highest BCUT2D eigenvalue weighted by molar-refractivity contribution is 5.32. The lowest BCUT2D eigenvalue weighted by Gasteiger charge is -1.83. The van der Waals surface area contributed by atoms with E-state index in [0.717, 1.165) is 12.8 Å². The standard InChI is InChI=1S/C14H14N2/c1-2-3-4-5-6-7-8-9-10-14-13-15-11-12-16-14/h7-8,11-13H,2-4H2,1H3/b8-7-. The van der Waals surface area contributed by atoms with E-state index in [1.165, 1.54) is 6.42 Å². The predicted octanol–water partition coefficient (Wildman–Crippen LogP) is 2.58. The Morgan fingerprint density at radius 1 is 1.25 bits per heavy atom. The number of nitrogens with zero attached hydrogens (tertiary/aromatic N) is 2. The fourth-order valence-electron chi connectivity index (χ4n) is 0.959. The Labute approximate surface area is 96.8 Å². The van der Waals surface area contributed by atoms with Gasteiger partial charge in [-0.25, -0.2) is 4.98 Å². The Morgan fingerprint density at radius 3 is 2.88 bits per heavy atom. The second-order valence-corrected chi connectivity index (χ2v) is 3.12. The highest BCUT2D eigenvalue weighted by atomic mass is 14.7. The smallest absolute Gasteiger partial charge is 0.131 e. The fraction of sp³-hybridized carbons (Fsp3) is 0.286. The monoisotopic (exact) mass is 210 g/mol. The Hall–Kier alpha value is -2.06. The van der Waals surface area contributed by atoms with Crippen LogP contribution in [0.3, 0.4) is 0 Å². The molecule has 2 heteroatoms. The molecule has 0 saturated heterocycles. The molecule has 0 bridgehead atoms. The fourth-order valence-corrected chi connectivity index (χ4v) is 0.959. The van der Waals surface area contributed by atoms with Crippen molar-refractivity contribution in [1.82, 2.24) is 9.97 Å². The molecule has 0 aliphatic carbocycles. The van der Waals surface area contributed by atoms with Gasteiger partial charge in [0.2, 0.25) is 0 Å². The zero-order valence-electron chi connectivity index (χ0n) is 9.40. The molecular weight excluding hydrogens is 196 g/mol. The summed E-state index contributed by atoms with van der Waals surface area (Å²) in [4.78, 5) is 7.95. The average molecular weight is 210 g/mol. The normalized spacial score (nSPS) is 9.06. The zero-order valence-corrected chi connectivity index (χ0v) is 9.40. The summed E-state index contributed by atoms with van der Waals surface area (Å²) in [5.41, 5.74) is 0.672. The van der Waals surface area contributed by atoms with Crippen LogP contribution in [0.1, 0.15) is 31.9 Å². The zero-order chi connectivity index (χ0) is 11.5. The number of hydrogen-bond donors (Lipinski definition) is 0. The van der Waals surface area contributed by atoms with E-state index >= 15 is 0 Å². The van der Waals surface area contributed by atoms with Gasteiger partial charge >= 0.3 is 0 Å². The topological polar surface area (TPSA) is 25.8 Å². The number of rotatable bonds is 2. The molecule has 1 aromatic rings. The van der Waals surface area contributed by atoms with Crippen molar-refractivity contribution in [2.75, 3.05) is 0 Å². The number of allylic oxidation sites excluding steroid dienone is 2. The van der Waals surface area contributed by atoms with E-state index in [2.05, 4.69) is 40.6 Å². The minimum Gasteiger partial charge on any atom is -0.260 e. The minimum absolute atomic E-state index is 0.672. The lowest BCUT2D eigenvalue weighted by Crippen LogP contribution is -1.80. The molecule has 1 heterocycles. The predicted molar refractivity (Wildman–Crippen MR) is 65.4 cm³/mol. The first-order chi connectivity index (χ1) is 7.93. The Bertz CT molecular complexity index is 438. The molecule has 0 spiro atoms. The van der Waals surface area contributed by atoms with Gasteiger partial charge in [-0.15, -0.1) is 0 Å². The first kappa shape index (κ1) is 12.0. The third-order valence-electron chi connectivity index (χ3n) is 1.77. The van der Waals surface area contributed by atoms with E-state index in [4.69, 9.17) is 0 Å². The molecule has 0 aromatic carbocycles. The van der Waals surface area contributed by atoms with Crippen LogP contribution in [0.4, 0.5) is 0 Å². The number of unbranched alkanes of at least 4 members (excludes halogenated alkanes) is 2. The molecule has 0 N–H and O–H groups in total. The summed E-state index contributed by atoms with van der Waals surface area (Å²) >= 11 is 0. The maximum Gasteiger partial charge on any atom is 0.131 e. The van der Waals surface area contributed by atoms with E-state index in [1.54, 1.807) is 30.7 Å². The number of hydrogen-bond acceptors (Lipinski definition) is 2. The molecule has 80 valence electrons.